The fourth-order valence-electron chi connectivity index (χ4n) is 2.42. The van der Waals surface area contributed by atoms with E-state index in [9.17, 15) is 14.4 Å². The molecule has 2 amide bonds. The van der Waals surface area contributed by atoms with Crippen LogP contribution in [0.4, 0.5) is 5.69 Å². The fraction of sp³-hybridized carbons (Fsp3) is 0.471. The molecule has 1 aromatic rings. The van der Waals surface area contributed by atoms with Gasteiger partial charge >= 0.3 is 5.97 Å². The Morgan fingerprint density at radius 3 is 2.61 bits per heavy atom. The molecule has 2 rings (SSSR count). The third-order valence-electron chi connectivity index (χ3n) is 3.72. The number of benzene rings is 1. The van der Waals surface area contributed by atoms with Crippen LogP contribution < -0.4 is 10.6 Å². The Bertz CT molecular complexity index is 612. The highest BCUT2D eigenvalue weighted by molar-refractivity contribution is 5.91. The average Bonchev–Trinajstić information content (AvgIpc) is 3.24. The van der Waals surface area contributed by atoms with Crippen LogP contribution in [0.3, 0.4) is 0 Å². The maximum atomic E-state index is 11.8. The number of amides is 2. The van der Waals surface area contributed by atoms with Crippen molar-refractivity contribution < 1.29 is 19.5 Å². The van der Waals surface area contributed by atoms with Crippen LogP contribution in [-0.2, 0) is 20.9 Å². The van der Waals surface area contributed by atoms with E-state index < -0.39 is 17.8 Å². The van der Waals surface area contributed by atoms with Crippen molar-refractivity contribution >= 4 is 23.5 Å². The van der Waals surface area contributed by atoms with E-state index in [0.29, 0.717) is 25.1 Å². The van der Waals surface area contributed by atoms with Crippen molar-refractivity contribution in [3.63, 3.8) is 0 Å². The number of hydrogen-bond donors (Lipinski definition) is 3. The fourth-order valence-corrected chi connectivity index (χ4v) is 2.42. The number of carbonyl (C=O) groups is 3. The van der Waals surface area contributed by atoms with Gasteiger partial charge in [0.15, 0.2) is 0 Å². The number of carboxylic acids is 1. The van der Waals surface area contributed by atoms with Gasteiger partial charge in [0, 0.05) is 18.7 Å². The lowest BCUT2D eigenvalue weighted by Gasteiger charge is -2.09. The molecule has 0 spiro atoms. The van der Waals surface area contributed by atoms with Crippen LogP contribution in [0.1, 0.15) is 32.3 Å². The van der Waals surface area contributed by atoms with Gasteiger partial charge in [0.2, 0.25) is 11.8 Å². The van der Waals surface area contributed by atoms with E-state index in [4.69, 9.17) is 5.11 Å². The molecule has 1 aliphatic rings. The van der Waals surface area contributed by atoms with Gasteiger partial charge in [-0.25, -0.2) is 0 Å². The molecule has 0 heterocycles. The van der Waals surface area contributed by atoms with E-state index in [1.165, 1.54) is 0 Å². The maximum Gasteiger partial charge on any atom is 0.307 e. The van der Waals surface area contributed by atoms with E-state index in [0.717, 1.165) is 5.56 Å². The maximum absolute atomic E-state index is 11.8. The SMILES string of the molecule is CC(C)CC(=O)Nc1cccc(CNC(=O)C2CC2C(=O)O)c1. The number of carbonyl (C=O) groups excluding carboxylic acids is 2. The number of hydrogen-bond acceptors (Lipinski definition) is 3. The van der Waals surface area contributed by atoms with Crippen LogP contribution in [-0.4, -0.2) is 22.9 Å². The van der Waals surface area contributed by atoms with Gasteiger partial charge in [-0.15, -0.1) is 0 Å². The van der Waals surface area contributed by atoms with Crippen molar-refractivity contribution in [2.45, 2.75) is 33.2 Å². The van der Waals surface area contributed by atoms with Gasteiger partial charge in [0.1, 0.15) is 0 Å². The highest BCUT2D eigenvalue weighted by atomic mass is 16.4. The van der Waals surface area contributed by atoms with E-state index in [1.807, 2.05) is 26.0 Å². The number of anilines is 1. The molecule has 0 bridgehead atoms. The predicted octanol–water partition coefficient (Wildman–Crippen LogP) is 2.01. The topological polar surface area (TPSA) is 95.5 Å². The zero-order valence-corrected chi connectivity index (χ0v) is 13.3. The van der Waals surface area contributed by atoms with Crippen molar-refractivity contribution in [1.29, 1.82) is 0 Å². The molecule has 6 nitrogen and oxygen atoms in total. The normalized spacial score (nSPS) is 19.3. The third-order valence-corrected chi connectivity index (χ3v) is 3.72. The minimum Gasteiger partial charge on any atom is -0.481 e. The van der Waals surface area contributed by atoms with E-state index in [1.54, 1.807) is 12.1 Å². The van der Waals surface area contributed by atoms with E-state index in [2.05, 4.69) is 10.6 Å². The molecule has 0 radical (unpaired) electrons. The van der Waals surface area contributed by atoms with Crippen LogP contribution in [0.2, 0.25) is 0 Å². The molecule has 1 aliphatic carbocycles. The first-order valence-corrected chi connectivity index (χ1v) is 7.76. The molecule has 0 aliphatic heterocycles. The average molecular weight is 318 g/mol. The Balaban J connectivity index is 1.84. The molecule has 124 valence electrons. The summed E-state index contributed by atoms with van der Waals surface area (Å²) < 4.78 is 0. The molecule has 0 aromatic heterocycles. The molecule has 2 unspecified atom stereocenters. The number of rotatable bonds is 7. The molecule has 23 heavy (non-hydrogen) atoms. The van der Waals surface area contributed by atoms with Gasteiger partial charge in [-0.3, -0.25) is 14.4 Å². The molecule has 1 saturated carbocycles. The first-order valence-electron chi connectivity index (χ1n) is 7.76. The van der Waals surface area contributed by atoms with Crippen LogP contribution in [0.15, 0.2) is 24.3 Å². The Morgan fingerprint density at radius 2 is 2.00 bits per heavy atom. The molecule has 3 N–H and O–H groups in total. The van der Waals surface area contributed by atoms with Crippen LogP contribution in [0, 0.1) is 17.8 Å². The summed E-state index contributed by atoms with van der Waals surface area (Å²) in [7, 11) is 0. The quantitative estimate of drug-likeness (QED) is 0.716. The van der Waals surface area contributed by atoms with Crippen LogP contribution >= 0.6 is 0 Å². The van der Waals surface area contributed by atoms with Crippen molar-refractivity contribution in [3.05, 3.63) is 29.8 Å². The highest BCUT2D eigenvalue weighted by Crippen LogP contribution is 2.38. The lowest BCUT2D eigenvalue weighted by Crippen LogP contribution is -2.26. The van der Waals surface area contributed by atoms with Crippen molar-refractivity contribution in [2.24, 2.45) is 17.8 Å². The van der Waals surface area contributed by atoms with Gasteiger partial charge in [-0.1, -0.05) is 26.0 Å². The van der Waals surface area contributed by atoms with Gasteiger partial charge < -0.3 is 15.7 Å². The predicted molar refractivity (Wildman–Crippen MR) is 85.6 cm³/mol. The second-order valence-corrected chi connectivity index (χ2v) is 6.35. The lowest BCUT2D eigenvalue weighted by molar-refractivity contribution is -0.140. The minimum absolute atomic E-state index is 0.0385. The first kappa shape index (κ1) is 17.0. The summed E-state index contributed by atoms with van der Waals surface area (Å²) in [6.07, 6.45) is 0.867. The van der Waals surface area contributed by atoms with Crippen molar-refractivity contribution in [3.8, 4) is 0 Å². The smallest absolute Gasteiger partial charge is 0.307 e. The summed E-state index contributed by atoms with van der Waals surface area (Å²) in [5, 5.41) is 14.4. The Labute approximate surface area is 135 Å². The molecular weight excluding hydrogens is 296 g/mol. The molecule has 1 aromatic carbocycles. The Kier molecular flexibility index (Phi) is 5.36. The largest absolute Gasteiger partial charge is 0.481 e. The van der Waals surface area contributed by atoms with Gasteiger partial charge in [0.05, 0.1) is 11.8 Å². The summed E-state index contributed by atoms with van der Waals surface area (Å²) in [4.78, 5) is 34.3. The second kappa shape index (κ2) is 7.26. The summed E-state index contributed by atoms with van der Waals surface area (Å²) >= 11 is 0. The van der Waals surface area contributed by atoms with Gasteiger partial charge in [-0.2, -0.15) is 0 Å². The molecule has 0 saturated heterocycles. The zero-order valence-electron chi connectivity index (χ0n) is 13.3. The summed E-state index contributed by atoms with van der Waals surface area (Å²) in [6, 6.07) is 7.26. The highest BCUT2D eigenvalue weighted by Gasteiger charge is 2.48. The van der Waals surface area contributed by atoms with Crippen LogP contribution in [0.25, 0.3) is 0 Å². The molecular formula is C17H22N2O4. The second-order valence-electron chi connectivity index (χ2n) is 6.35. The zero-order chi connectivity index (χ0) is 17.0. The Hall–Kier alpha value is -2.37. The van der Waals surface area contributed by atoms with Crippen molar-refractivity contribution in [2.75, 3.05) is 5.32 Å². The molecule has 6 heteroatoms. The van der Waals surface area contributed by atoms with E-state index in [-0.39, 0.29) is 17.7 Å². The summed E-state index contributed by atoms with van der Waals surface area (Å²) in [5.74, 6) is -1.86. The van der Waals surface area contributed by atoms with Crippen LogP contribution in [0.5, 0.6) is 0 Å². The van der Waals surface area contributed by atoms with Gasteiger partial charge in [-0.05, 0) is 30.0 Å². The standard InChI is InChI=1S/C17H22N2O4/c1-10(2)6-15(20)19-12-5-3-4-11(7-12)9-18-16(21)13-8-14(13)17(22)23/h3-5,7,10,13-14H,6,8-9H2,1-2H3,(H,18,21)(H,19,20)(H,22,23). The minimum atomic E-state index is -0.917. The Morgan fingerprint density at radius 1 is 1.26 bits per heavy atom. The van der Waals surface area contributed by atoms with Crippen molar-refractivity contribution in [1.82, 2.24) is 5.32 Å². The number of aliphatic carboxylic acids is 1. The van der Waals surface area contributed by atoms with Gasteiger partial charge in [0.25, 0.3) is 0 Å². The summed E-state index contributed by atoms with van der Waals surface area (Å²) in [6.45, 7) is 4.27. The number of nitrogens with one attached hydrogen (secondary N) is 2. The lowest BCUT2D eigenvalue weighted by atomic mass is 10.1. The first-order chi connectivity index (χ1) is 10.9. The third kappa shape index (κ3) is 5.09. The summed E-state index contributed by atoms with van der Waals surface area (Å²) in [5.41, 5.74) is 1.55. The monoisotopic (exact) mass is 318 g/mol. The number of carboxylic acid groups (broad SMARTS) is 1. The molecule has 1 fully saturated rings. The molecule has 2 atom stereocenters. The van der Waals surface area contributed by atoms with E-state index >= 15 is 0 Å².